The first kappa shape index (κ1) is 8.05. The van der Waals surface area contributed by atoms with E-state index in [1.165, 1.54) is 0 Å². The fourth-order valence-electron chi connectivity index (χ4n) is 1.83. The first-order chi connectivity index (χ1) is 5.49. The fraction of sp³-hybridized carbons (Fsp3) is 0.889. The summed E-state index contributed by atoms with van der Waals surface area (Å²) < 4.78 is 0. The molecule has 0 radical (unpaired) electrons. The van der Waals surface area contributed by atoms with Crippen molar-refractivity contribution in [3.8, 4) is 0 Å². The topological polar surface area (TPSA) is 40.5 Å². The van der Waals surface area contributed by atoms with E-state index in [1.807, 2.05) is 0 Å². The molecule has 1 saturated heterocycles. The summed E-state index contributed by atoms with van der Waals surface area (Å²) in [5, 5.41) is 9.41. The van der Waals surface area contributed by atoms with Gasteiger partial charge in [0.05, 0.1) is 18.7 Å². The van der Waals surface area contributed by atoms with Crippen LogP contribution in [0.3, 0.4) is 0 Å². The number of likely N-dealkylation sites (tertiary alicyclic amines) is 1. The van der Waals surface area contributed by atoms with Crippen LogP contribution < -0.4 is 0 Å². The molecule has 2 unspecified atom stereocenters. The molecule has 1 aliphatic carbocycles. The molecular formula is C9H15NO2. The van der Waals surface area contributed by atoms with Gasteiger partial charge in [0.2, 0.25) is 5.91 Å². The van der Waals surface area contributed by atoms with Crippen molar-refractivity contribution in [3.05, 3.63) is 0 Å². The second-order valence-corrected chi connectivity index (χ2v) is 4.51. The lowest BCUT2D eigenvalue weighted by Crippen LogP contribution is -2.62. The molecule has 0 bridgehead atoms. The van der Waals surface area contributed by atoms with Crippen LogP contribution in [0.1, 0.15) is 20.3 Å². The molecule has 1 N–H and O–H groups in total. The van der Waals surface area contributed by atoms with Crippen molar-refractivity contribution < 1.29 is 9.90 Å². The van der Waals surface area contributed by atoms with Crippen molar-refractivity contribution in [1.82, 2.24) is 4.90 Å². The number of aliphatic hydroxyl groups is 1. The lowest BCUT2D eigenvalue weighted by atomic mass is 9.96. The Bertz CT molecular complexity index is 217. The number of carbonyl (C=O) groups excluding carboxylic acids is 1. The average molecular weight is 169 g/mol. The second-order valence-electron chi connectivity index (χ2n) is 4.51. The predicted molar refractivity (Wildman–Crippen MR) is 44.5 cm³/mol. The first-order valence-corrected chi connectivity index (χ1v) is 4.51. The van der Waals surface area contributed by atoms with Gasteiger partial charge in [-0.05, 0) is 19.3 Å². The summed E-state index contributed by atoms with van der Waals surface area (Å²) >= 11 is 0. The Hall–Kier alpha value is -0.570. The van der Waals surface area contributed by atoms with E-state index in [0.29, 0.717) is 19.0 Å². The van der Waals surface area contributed by atoms with Gasteiger partial charge >= 0.3 is 0 Å². The highest BCUT2D eigenvalue weighted by Gasteiger charge is 2.47. The van der Waals surface area contributed by atoms with E-state index >= 15 is 0 Å². The van der Waals surface area contributed by atoms with Gasteiger partial charge in [0.25, 0.3) is 0 Å². The minimum Gasteiger partial charge on any atom is -0.386 e. The summed E-state index contributed by atoms with van der Waals surface area (Å²) in [4.78, 5) is 13.3. The molecule has 0 aromatic heterocycles. The Balaban J connectivity index is 1.85. The van der Waals surface area contributed by atoms with Gasteiger partial charge in [0.15, 0.2) is 0 Å². The molecule has 12 heavy (non-hydrogen) atoms. The SMILES string of the molecule is CC1CC1C(=O)N1CC(C)(O)C1. The molecule has 1 saturated carbocycles. The zero-order valence-electron chi connectivity index (χ0n) is 7.58. The molecule has 0 aromatic carbocycles. The standard InChI is InChI=1S/C9H15NO2/c1-6-3-7(6)8(11)10-4-9(2,12)5-10/h6-7,12H,3-5H2,1-2H3. The van der Waals surface area contributed by atoms with E-state index in [9.17, 15) is 9.90 Å². The zero-order chi connectivity index (χ0) is 8.93. The maximum Gasteiger partial charge on any atom is 0.226 e. The molecular weight excluding hydrogens is 154 g/mol. The van der Waals surface area contributed by atoms with Crippen molar-refractivity contribution >= 4 is 5.91 Å². The molecule has 2 rings (SSSR count). The number of amides is 1. The van der Waals surface area contributed by atoms with Gasteiger partial charge < -0.3 is 10.0 Å². The van der Waals surface area contributed by atoms with Crippen LogP contribution in [0.2, 0.25) is 0 Å². The molecule has 2 fully saturated rings. The third-order valence-electron chi connectivity index (χ3n) is 2.80. The Labute approximate surface area is 72.4 Å². The average Bonchev–Trinajstić information content (AvgIpc) is 2.60. The summed E-state index contributed by atoms with van der Waals surface area (Å²) in [5.41, 5.74) is -0.617. The van der Waals surface area contributed by atoms with E-state index in [-0.39, 0.29) is 11.8 Å². The molecule has 2 aliphatic rings. The molecule has 3 nitrogen and oxygen atoms in total. The van der Waals surface area contributed by atoms with Gasteiger partial charge in [0.1, 0.15) is 0 Å². The summed E-state index contributed by atoms with van der Waals surface area (Å²) in [6.07, 6.45) is 1.04. The molecule has 3 heteroatoms. The monoisotopic (exact) mass is 169 g/mol. The minimum atomic E-state index is -0.617. The normalized spacial score (nSPS) is 37.4. The molecule has 1 aliphatic heterocycles. The fourth-order valence-corrected chi connectivity index (χ4v) is 1.83. The number of carbonyl (C=O) groups is 1. The van der Waals surface area contributed by atoms with Crippen LogP contribution in [-0.2, 0) is 4.79 Å². The third kappa shape index (κ3) is 1.22. The van der Waals surface area contributed by atoms with Crippen LogP contribution in [0.25, 0.3) is 0 Å². The summed E-state index contributed by atoms with van der Waals surface area (Å²) in [6.45, 7) is 4.91. The van der Waals surface area contributed by atoms with Gasteiger partial charge in [-0.2, -0.15) is 0 Å². The van der Waals surface area contributed by atoms with E-state index in [4.69, 9.17) is 0 Å². The maximum absolute atomic E-state index is 11.5. The van der Waals surface area contributed by atoms with Crippen molar-refractivity contribution in [2.45, 2.75) is 25.9 Å². The van der Waals surface area contributed by atoms with Crippen LogP contribution in [0.4, 0.5) is 0 Å². The van der Waals surface area contributed by atoms with Crippen LogP contribution in [0.15, 0.2) is 0 Å². The molecule has 0 aromatic rings. The predicted octanol–water partition coefficient (Wildman–Crippen LogP) is 0.236. The van der Waals surface area contributed by atoms with Crippen LogP contribution in [0.5, 0.6) is 0 Å². The number of β-amino-alcohol motifs (C(OH)–C–C–N with tert-alkyl or cyclic N) is 1. The van der Waals surface area contributed by atoms with Crippen LogP contribution in [-0.4, -0.2) is 34.6 Å². The third-order valence-corrected chi connectivity index (χ3v) is 2.80. The summed E-state index contributed by atoms with van der Waals surface area (Å²) in [5.74, 6) is 1.08. The number of rotatable bonds is 1. The lowest BCUT2D eigenvalue weighted by molar-refractivity contribution is -0.153. The van der Waals surface area contributed by atoms with Crippen molar-refractivity contribution in [2.24, 2.45) is 11.8 Å². The molecule has 68 valence electrons. The summed E-state index contributed by atoms with van der Waals surface area (Å²) in [6, 6.07) is 0. The molecule has 1 amide bonds. The molecule has 1 heterocycles. The number of hydrogen-bond acceptors (Lipinski definition) is 2. The Morgan fingerprint density at radius 2 is 2.08 bits per heavy atom. The maximum atomic E-state index is 11.5. The Morgan fingerprint density at radius 1 is 1.58 bits per heavy atom. The van der Waals surface area contributed by atoms with Gasteiger partial charge in [-0.25, -0.2) is 0 Å². The highest BCUT2D eigenvalue weighted by atomic mass is 16.3. The van der Waals surface area contributed by atoms with Crippen LogP contribution >= 0.6 is 0 Å². The molecule has 0 spiro atoms. The smallest absolute Gasteiger partial charge is 0.226 e. The van der Waals surface area contributed by atoms with E-state index < -0.39 is 5.60 Å². The highest BCUT2D eigenvalue weighted by molar-refractivity contribution is 5.82. The van der Waals surface area contributed by atoms with Gasteiger partial charge in [-0.1, -0.05) is 6.92 Å². The number of nitrogens with zero attached hydrogens (tertiary/aromatic N) is 1. The molecule has 2 atom stereocenters. The zero-order valence-corrected chi connectivity index (χ0v) is 7.58. The Kier molecular flexibility index (Phi) is 1.49. The van der Waals surface area contributed by atoms with Crippen LogP contribution in [0, 0.1) is 11.8 Å². The van der Waals surface area contributed by atoms with Gasteiger partial charge in [-0.3, -0.25) is 4.79 Å². The Morgan fingerprint density at radius 3 is 2.42 bits per heavy atom. The summed E-state index contributed by atoms with van der Waals surface area (Å²) in [7, 11) is 0. The number of hydrogen-bond donors (Lipinski definition) is 1. The lowest BCUT2D eigenvalue weighted by Gasteiger charge is -2.44. The quantitative estimate of drug-likeness (QED) is 0.610. The van der Waals surface area contributed by atoms with Gasteiger partial charge in [-0.15, -0.1) is 0 Å². The highest BCUT2D eigenvalue weighted by Crippen LogP contribution is 2.40. The largest absolute Gasteiger partial charge is 0.386 e. The van der Waals surface area contributed by atoms with E-state index in [0.717, 1.165) is 6.42 Å². The van der Waals surface area contributed by atoms with Crippen molar-refractivity contribution in [3.63, 3.8) is 0 Å². The van der Waals surface area contributed by atoms with Gasteiger partial charge in [0, 0.05) is 5.92 Å². The van der Waals surface area contributed by atoms with Crippen molar-refractivity contribution in [1.29, 1.82) is 0 Å². The van der Waals surface area contributed by atoms with Crippen molar-refractivity contribution in [2.75, 3.05) is 13.1 Å². The minimum absolute atomic E-state index is 0.244. The van der Waals surface area contributed by atoms with E-state index in [2.05, 4.69) is 6.92 Å². The second kappa shape index (κ2) is 2.22. The van der Waals surface area contributed by atoms with E-state index in [1.54, 1.807) is 11.8 Å². The first-order valence-electron chi connectivity index (χ1n) is 4.51.